The van der Waals surface area contributed by atoms with Crippen LogP contribution < -0.4 is 5.73 Å². The number of nitrogens with two attached hydrogens (primary N) is 1. The molecule has 130 valence electrons. The first kappa shape index (κ1) is 17.6. The molecular formula is C18H20N4OS2. The molecule has 0 fully saturated rings. The van der Waals surface area contributed by atoms with Gasteiger partial charge in [0.2, 0.25) is 6.41 Å². The van der Waals surface area contributed by atoms with E-state index in [2.05, 4.69) is 36.0 Å². The molecule has 1 amide bonds. The molecule has 0 saturated heterocycles. The third kappa shape index (κ3) is 3.57. The predicted octanol–water partition coefficient (Wildman–Crippen LogP) is 3.84. The van der Waals surface area contributed by atoms with Crippen LogP contribution in [0.15, 0.2) is 39.6 Å². The molecule has 3 aromatic rings. The SMILES string of the molecule is CSc1cc2c(s1)c(/C=N\N(C=O)Cc1cccc(N)c1)c(C)n2C. The van der Waals surface area contributed by atoms with Crippen molar-refractivity contribution in [2.75, 3.05) is 12.0 Å². The summed E-state index contributed by atoms with van der Waals surface area (Å²) < 4.78 is 4.63. The van der Waals surface area contributed by atoms with Crippen LogP contribution in [0.4, 0.5) is 5.69 Å². The van der Waals surface area contributed by atoms with E-state index in [1.54, 1.807) is 29.3 Å². The van der Waals surface area contributed by atoms with Crippen molar-refractivity contribution in [3.05, 3.63) is 47.2 Å². The molecule has 0 radical (unpaired) electrons. The van der Waals surface area contributed by atoms with Gasteiger partial charge in [0, 0.05) is 24.0 Å². The van der Waals surface area contributed by atoms with Gasteiger partial charge in [0.05, 0.1) is 27.2 Å². The number of aromatic nitrogens is 1. The first-order valence-corrected chi connectivity index (χ1v) is 9.80. The number of fused-ring (bicyclic) bond motifs is 1. The van der Waals surface area contributed by atoms with E-state index in [0.717, 1.165) is 23.2 Å². The number of nitrogen functional groups attached to an aromatic ring is 1. The number of hydrazone groups is 1. The van der Waals surface area contributed by atoms with E-state index in [0.29, 0.717) is 12.2 Å². The van der Waals surface area contributed by atoms with Gasteiger partial charge in [-0.2, -0.15) is 5.10 Å². The minimum Gasteiger partial charge on any atom is -0.399 e. The molecule has 0 aliphatic carbocycles. The smallest absolute Gasteiger partial charge is 0.230 e. The van der Waals surface area contributed by atoms with Gasteiger partial charge in [0.25, 0.3) is 0 Å². The van der Waals surface area contributed by atoms with Gasteiger partial charge < -0.3 is 10.3 Å². The summed E-state index contributed by atoms with van der Waals surface area (Å²) in [5.74, 6) is 0. The van der Waals surface area contributed by atoms with Crippen molar-refractivity contribution in [1.29, 1.82) is 0 Å². The number of hydrogen-bond acceptors (Lipinski definition) is 5. The second-order valence-corrected chi connectivity index (χ2v) is 7.89. The molecule has 0 bridgehead atoms. The highest BCUT2D eigenvalue weighted by Crippen LogP contribution is 2.36. The Morgan fingerprint density at radius 2 is 2.20 bits per heavy atom. The number of hydrogen-bond donors (Lipinski definition) is 1. The molecule has 1 aromatic carbocycles. The maximum absolute atomic E-state index is 11.4. The Labute approximate surface area is 155 Å². The lowest BCUT2D eigenvalue weighted by molar-refractivity contribution is -0.118. The first-order chi connectivity index (χ1) is 12.0. The summed E-state index contributed by atoms with van der Waals surface area (Å²) in [6.07, 6.45) is 4.58. The summed E-state index contributed by atoms with van der Waals surface area (Å²) in [5, 5.41) is 5.77. The van der Waals surface area contributed by atoms with Crippen molar-refractivity contribution in [3.63, 3.8) is 0 Å². The van der Waals surface area contributed by atoms with E-state index < -0.39 is 0 Å². The lowest BCUT2D eigenvalue weighted by Gasteiger charge is -2.11. The summed E-state index contributed by atoms with van der Waals surface area (Å²) in [7, 11) is 2.05. The normalized spacial score (nSPS) is 11.5. The highest BCUT2D eigenvalue weighted by Gasteiger charge is 2.14. The van der Waals surface area contributed by atoms with Crippen LogP contribution in [0, 0.1) is 6.92 Å². The van der Waals surface area contributed by atoms with Gasteiger partial charge in [0.1, 0.15) is 0 Å². The predicted molar refractivity (Wildman–Crippen MR) is 107 cm³/mol. The van der Waals surface area contributed by atoms with Gasteiger partial charge in [-0.15, -0.1) is 23.1 Å². The van der Waals surface area contributed by atoms with Gasteiger partial charge in [-0.3, -0.25) is 4.79 Å². The average molecular weight is 373 g/mol. The third-order valence-corrected chi connectivity index (χ3v) is 6.36. The lowest BCUT2D eigenvalue weighted by Crippen LogP contribution is -2.15. The van der Waals surface area contributed by atoms with Crippen molar-refractivity contribution in [3.8, 4) is 0 Å². The van der Waals surface area contributed by atoms with Gasteiger partial charge in [-0.25, -0.2) is 5.01 Å². The van der Waals surface area contributed by atoms with Crippen LogP contribution >= 0.6 is 23.1 Å². The van der Waals surface area contributed by atoms with E-state index in [-0.39, 0.29) is 0 Å². The quantitative estimate of drug-likeness (QED) is 0.235. The Morgan fingerprint density at radius 1 is 1.40 bits per heavy atom. The topological polar surface area (TPSA) is 63.6 Å². The van der Waals surface area contributed by atoms with Crippen molar-refractivity contribution in [2.45, 2.75) is 17.7 Å². The molecule has 0 atom stereocenters. The number of anilines is 1. The second-order valence-electron chi connectivity index (χ2n) is 5.73. The number of carbonyl (C=O) groups excluding carboxylic acids is 1. The van der Waals surface area contributed by atoms with Crippen LogP contribution in [-0.4, -0.2) is 28.5 Å². The molecule has 25 heavy (non-hydrogen) atoms. The van der Waals surface area contributed by atoms with Crippen molar-refractivity contribution < 1.29 is 4.79 Å². The Kier molecular flexibility index (Phi) is 5.15. The van der Waals surface area contributed by atoms with E-state index in [9.17, 15) is 4.79 Å². The van der Waals surface area contributed by atoms with Crippen LogP contribution in [0.5, 0.6) is 0 Å². The molecule has 0 spiro atoms. The number of aryl methyl sites for hydroxylation is 1. The number of rotatable bonds is 6. The maximum Gasteiger partial charge on any atom is 0.230 e. The first-order valence-electron chi connectivity index (χ1n) is 7.76. The van der Waals surface area contributed by atoms with Crippen molar-refractivity contribution in [2.24, 2.45) is 12.1 Å². The van der Waals surface area contributed by atoms with E-state index in [1.807, 2.05) is 24.3 Å². The van der Waals surface area contributed by atoms with Crippen molar-refractivity contribution in [1.82, 2.24) is 9.58 Å². The van der Waals surface area contributed by atoms with Crippen LogP contribution in [0.3, 0.4) is 0 Å². The van der Waals surface area contributed by atoms with E-state index >= 15 is 0 Å². The van der Waals surface area contributed by atoms with Crippen molar-refractivity contribution >= 4 is 51.6 Å². The summed E-state index contributed by atoms with van der Waals surface area (Å²) in [6.45, 7) is 2.45. The van der Waals surface area contributed by atoms with Crippen LogP contribution in [0.2, 0.25) is 0 Å². The molecule has 0 unspecified atom stereocenters. The summed E-state index contributed by atoms with van der Waals surface area (Å²) in [6, 6.07) is 9.67. The number of carbonyl (C=O) groups is 1. The summed E-state index contributed by atoms with van der Waals surface area (Å²) >= 11 is 3.49. The molecule has 2 N–H and O–H groups in total. The van der Waals surface area contributed by atoms with E-state index in [4.69, 9.17) is 5.73 Å². The number of thioether (sulfide) groups is 1. The molecule has 0 aliphatic rings. The Hall–Kier alpha value is -2.25. The second kappa shape index (κ2) is 7.33. The lowest BCUT2D eigenvalue weighted by atomic mass is 10.2. The molecule has 2 aromatic heterocycles. The van der Waals surface area contributed by atoms with Gasteiger partial charge in [0.15, 0.2) is 0 Å². The minimum absolute atomic E-state index is 0.389. The molecule has 7 heteroatoms. The molecule has 0 saturated carbocycles. The Morgan fingerprint density at radius 3 is 2.88 bits per heavy atom. The number of amides is 1. The molecule has 5 nitrogen and oxygen atoms in total. The van der Waals surface area contributed by atoms with Gasteiger partial charge >= 0.3 is 0 Å². The fraction of sp³-hybridized carbons (Fsp3) is 0.222. The van der Waals surface area contributed by atoms with E-state index in [1.165, 1.54) is 19.4 Å². The standard InChI is InChI=1S/C18H20N4OS2/c1-12-15(18-16(21(12)2)8-17(24-3)25-18)9-20-22(11-23)10-13-5-4-6-14(19)7-13/h4-9,11H,10,19H2,1-3H3/b20-9-. The highest BCUT2D eigenvalue weighted by molar-refractivity contribution is 8.00. The minimum atomic E-state index is 0.389. The number of thiophene rings is 1. The zero-order valence-corrected chi connectivity index (χ0v) is 16.0. The van der Waals surface area contributed by atoms with Gasteiger partial charge in [-0.05, 0) is 36.9 Å². The number of benzene rings is 1. The van der Waals surface area contributed by atoms with Crippen LogP contribution in [0.1, 0.15) is 16.8 Å². The molecule has 0 aliphatic heterocycles. The maximum atomic E-state index is 11.4. The largest absolute Gasteiger partial charge is 0.399 e. The Bertz CT molecular complexity index is 942. The zero-order valence-electron chi connectivity index (χ0n) is 14.4. The van der Waals surface area contributed by atoms with Gasteiger partial charge in [-0.1, -0.05) is 12.1 Å². The highest BCUT2D eigenvalue weighted by atomic mass is 32.2. The van der Waals surface area contributed by atoms with Crippen LogP contribution in [0.25, 0.3) is 10.2 Å². The average Bonchev–Trinajstić information content (AvgIpc) is 3.12. The summed E-state index contributed by atoms with van der Waals surface area (Å²) in [5.41, 5.74) is 10.8. The third-order valence-electron chi connectivity index (χ3n) is 4.14. The number of nitrogens with zero attached hydrogens (tertiary/aromatic N) is 3. The fourth-order valence-electron chi connectivity index (χ4n) is 2.70. The monoisotopic (exact) mass is 372 g/mol. The zero-order chi connectivity index (χ0) is 18.0. The molecular weight excluding hydrogens is 352 g/mol. The molecule has 2 heterocycles. The summed E-state index contributed by atoms with van der Waals surface area (Å²) in [4.78, 5) is 11.4. The Balaban J connectivity index is 1.89. The van der Waals surface area contributed by atoms with Crippen LogP contribution in [-0.2, 0) is 18.4 Å². The fourth-order valence-corrected chi connectivity index (χ4v) is 4.49. The molecule has 3 rings (SSSR count).